The molecule has 0 fully saturated rings. The van der Waals surface area contributed by atoms with Crippen LogP contribution in [0.15, 0.2) is 30.6 Å². The number of imidazole rings is 1. The summed E-state index contributed by atoms with van der Waals surface area (Å²) in [7, 11) is 0. The lowest BCUT2D eigenvalue weighted by atomic mass is 10.1. The summed E-state index contributed by atoms with van der Waals surface area (Å²) in [5, 5.41) is 0. The zero-order chi connectivity index (χ0) is 11.4. The number of aryl methyl sites for hydroxylation is 2. The van der Waals surface area contributed by atoms with Gasteiger partial charge in [0.15, 0.2) is 0 Å². The number of anilines is 2. The maximum absolute atomic E-state index is 5.88. The lowest BCUT2D eigenvalue weighted by molar-refractivity contribution is 0.784. The zero-order valence-electron chi connectivity index (χ0n) is 9.11. The third-order valence-corrected chi connectivity index (χ3v) is 2.58. The standard InChI is InChI=1S/C12H16N4/c13-10-5-4-9(11(14)8-10)2-1-3-12-15-6-7-16-12/h4-8H,1-3,13-14H2,(H,15,16). The third-order valence-electron chi connectivity index (χ3n) is 2.58. The Bertz CT molecular complexity index is 448. The molecule has 0 unspecified atom stereocenters. The molecule has 0 amide bonds. The van der Waals surface area contributed by atoms with Crippen molar-refractivity contribution in [3.63, 3.8) is 0 Å². The fraction of sp³-hybridized carbons (Fsp3) is 0.250. The van der Waals surface area contributed by atoms with Crippen molar-refractivity contribution in [1.29, 1.82) is 0 Å². The van der Waals surface area contributed by atoms with E-state index >= 15 is 0 Å². The minimum absolute atomic E-state index is 0.715. The Morgan fingerprint density at radius 2 is 2.06 bits per heavy atom. The van der Waals surface area contributed by atoms with Crippen LogP contribution in [0.3, 0.4) is 0 Å². The molecule has 5 N–H and O–H groups in total. The van der Waals surface area contributed by atoms with Crippen molar-refractivity contribution in [2.24, 2.45) is 0 Å². The highest BCUT2D eigenvalue weighted by Gasteiger charge is 2.01. The van der Waals surface area contributed by atoms with E-state index in [2.05, 4.69) is 9.97 Å². The average molecular weight is 216 g/mol. The highest BCUT2D eigenvalue weighted by atomic mass is 14.9. The number of benzene rings is 1. The SMILES string of the molecule is Nc1ccc(CCCc2ncc[nH]2)c(N)c1. The van der Waals surface area contributed by atoms with Crippen LogP contribution in [0.5, 0.6) is 0 Å². The van der Waals surface area contributed by atoms with Gasteiger partial charge in [-0.15, -0.1) is 0 Å². The molecule has 1 aromatic heterocycles. The van der Waals surface area contributed by atoms with Crippen LogP contribution in [0.1, 0.15) is 17.8 Å². The molecule has 0 spiro atoms. The van der Waals surface area contributed by atoms with Crippen LogP contribution in [-0.2, 0) is 12.8 Å². The molecule has 0 saturated heterocycles. The van der Waals surface area contributed by atoms with Gasteiger partial charge in [-0.05, 0) is 30.5 Å². The first kappa shape index (κ1) is 10.5. The minimum atomic E-state index is 0.715. The number of aromatic nitrogens is 2. The van der Waals surface area contributed by atoms with Crippen LogP contribution in [0.4, 0.5) is 11.4 Å². The van der Waals surface area contributed by atoms with E-state index in [4.69, 9.17) is 11.5 Å². The fourth-order valence-corrected chi connectivity index (χ4v) is 1.72. The van der Waals surface area contributed by atoms with Gasteiger partial charge < -0.3 is 16.5 Å². The number of nitrogens with one attached hydrogen (secondary N) is 1. The molecule has 1 aromatic carbocycles. The highest BCUT2D eigenvalue weighted by molar-refractivity contribution is 5.56. The molecule has 0 aliphatic heterocycles. The smallest absolute Gasteiger partial charge is 0.106 e. The number of rotatable bonds is 4. The van der Waals surface area contributed by atoms with Gasteiger partial charge in [0.05, 0.1) is 0 Å². The van der Waals surface area contributed by atoms with Crippen molar-refractivity contribution >= 4 is 11.4 Å². The monoisotopic (exact) mass is 216 g/mol. The molecule has 16 heavy (non-hydrogen) atoms. The summed E-state index contributed by atoms with van der Waals surface area (Å²) in [5.41, 5.74) is 14.2. The van der Waals surface area contributed by atoms with Crippen molar-refractivity contribution in [2.75, 3.05) is 11.5 Å². The molecule has 4 nitrogen and oxygen atoms in total. The van der Waals surface area contributed by atoms with Crippen LogP contribution in [0.2, 0.25) is 0 Å². The number of nitrogen functional groups attached to an aromatic ring is 2. The summed E-state index contributed by atoms with van der Waals surface area (Å²) in [6.07, 6.45) is 6.53. The van der Waals surface area contributed by atoms with Gasteiger partial charge >= 0.3 is 0 Å². The van der Waals surface area contributed by atoms with E-state index in [9.17, 15) is 0 Å². The van der Waals surface area contributed by atoms with Crippen LogP contribution in [0, 0.1) is 0 Å². The Hall–Kier alpha value is -1.97. The normalized spacial score (nSPS) is 10.5. The van der Waals surface area contributed by atoms with Gasteiger partial charge in [0, 0.05) is 30.2 Å². The topological polar surface area (TPSA) is 80.7 Å². The molecule has 84 valence electrons. The maximum atomic E-state index is 5.88. The summed E-state index contributed by atoms with van der Waals surface area (Å²) in [5.74, 6) is 1.02. The Morgan fingerprint density at radius 1 is 1.19 bits per heavy atom. The Morgan fingerprint density at radius 3 is 2.75 bits per heavy atom. The summed E-state index contributed by atoms with van der Waals surface area (Å²) < 4.78 is 0. The van der Waals surface area contributed by atoms with Crippen LogP contribution < -0.4 is 11.5 Å². The summed E-state index contributed by atoms with van der Waals surface area (Å²) in [4.78, 5) is 7.26. The highest BCUT2D eigenvalue weighted by Crippen LogP contribution is 2.17. The molecule has 0 atom stereocenters. The van der Waals surface area contributed by atoms with E-state index in [0.717, 1.165) is 36.3 Å². The molecule has 4 heteroatoms. The molecular formula is C12H16N4. The number of hydrogen-bond acceptors (Lipinski definition) is 3. The van der Waals surface area contributed by atoms with Gasteiger partial charge in [0.1, 0.15) is 5.82 Å². The quantitative estimate of drug-likeness (QED) is 0.681. The van der Waals surface area contributed by atoms with E-state index in [1.54, 1.807) is 6.20 Å². The number of nitrogens with zero attached hydrogens (tertiary/aromatic N) is 1. The average Bonchev–Trinajstić information content (AvgIpc) is 2.74. The first-order chi connectivity index (χ1) is 7.75. The van der Waals surface area contributed by atoms with Crippen molar-refractivity contribution in [3.05, 3.63) is 42.0 Å². The molecule has 0 aliphatic carbocycles. The second-order valence-corrected chi connectivity index (χ2v) is 3.85. The Labute approximate surface area is 94.7 Å². The molecule has 0 aliphatic rings. The Kier molecular flexibility index (Phi) is 3.10. The van der Waals surface area contributed by atoms with Crippen molar-refractivity contribution in [3.8, 4) is 0 Å². The molecule has 2 rings (SSSR count). The van der Waals surface area contributed by atoms with Gasteiger partial charge in [0.25, 0.3) is 0 Å². The molecule has 0 radical (unpaired) electrons. The number of H-pyrrole nitrogens is 1. The van der Waals surface area contributed by atoms with Crippen LogP contribution in [0.25, 0.3) is 0 Å². The van der Waals surface area contributed by atoms with Gasteiger partial charge in [-0.25, -0.2) is 4.98 Å². The summed E-state index contributed by atoms with van der Waals surface area (Å²) in [6.45, 7) is 0. The predicted octanol–water partition coefficient (Wildman–Crippen LogP) is 1.75. The number of nitrogens with two attached hydrogens (primary N) is 2. The largest absolute Gasteiger partial charge is 0.399 e. The van der Waals surface area contributed by atoms with Gasteiger partial charge in [0.2, 0.25) is 0 Å². The van der Waals surface area contributed by atoms with Crippen molar-refractivity contribution in [1.82, 2.24) is 9.97 Å². The number of aromatic amines is 1. The van der Waals surface area contributed by atoms with Gasteiger partial charge in [-0.2, -0.15) is 0 Å². The molecule has 0 saturated carbocycles. The summed E-state index contributed by atoms with van der Waals surface area (Å²) >= 11 is 0. The first-order valence-electron chi connectivity index (χ1n) is 5.38. The minimum Gasteiger partial charge on any atom is -0.399 e. The fourth-order valence-electron chi connectivity index (χ4n) is 1.72. The second-order valence-electron chi connectivity index (χ2n) is 3.85. The lowest BCUT2D eigenvalue weighted by Gasteiger charge is -2.05. The second kappa shape index (κ2) is 4.70. The third kappa shape index (κ3) is 2.53. The van der Waals surface area contributed by atoms with E-state index in [0.29, 0.717) is 5.69 Å². The Balaban J connectivity index is 1.90. The first-order valence-corrected chi connectivity index (χ1v) is 5.38. The molecule has 2 aromatic rings. The van der Waals surface area contributed by atoms with Crippen molar-refractivity contribution < 1.29 is 0 Å². The summed E-state index contributed by atoms with van der Waals surface area (Å²) in [6, 6.07) is 5.69. The van der Waals surface area contributed by atoms with E-state index in [1.807, 2.05) is 24.4 Å². The van der Waals surface area contributed by atoms with E-state index in [-0.39, 0.29) is 0 Å². The predicted molar refractivity (Wildman–Crippen MR) is 65.9 cm³/mol. The number of hydrogen-bond donors (Lipinski definition) is 3. The van der Waals surface area contributed by atoms with E-state index in [1.165, 1.54) is 0 Å². The van der Waals surface area contributed by atoms with Crippen LogP contribution >= 0.6 is 0 Å². The maximum Gasteiger partial charge on any atom is 0.106 e. The van der Waals surface area contributed by atoms with E-state index < -0.39 is 0 Å². The molecule has 1 heterocycles. The molecule has 0 bridgehead atoms. The van der Waals surface area contributed by atoms with Crippen molar-refractivity contribution in [2.45, 2.75) is 19.3 Å². The van der Waals surface area contributed by atoms with Gasteiger partial charge in [-0.3, -0.25) is 0 Å². The van der Waals surface area contributed by atoms with Crippen LogP contribution in [-0.4, -0.2) is 9.97 Å². The molecular weight excluding hydrogens is 200 g/mol. The lowest BCUT2D eigenvalue weighted by Crippen LogP contribution is -1.98. The zero-order valence-corrected chi connectivity index (χ0v) is 9.11. The van der Waals surface area contributed by atoms with Gasteiger partial charge in [-0.1, -0.05) is 6.07 Å².